The average Bonchev–Trinajstić information content (AvgIpc) is 3.19. The summed E-state index contributed by atoms with van der Waals surface area (Å²) in [4.78, 5) is 21.0. The van der Waals surface area contributed by atoms with Gasteiger partial charge in [0.1, 0.15) is 17.2 Å². The molecule has 6 nitrogen and oxygen atoms in total. The molecule has 0 saturated heterocycles. The van der Waals surface area contributed by atoms with E-state index in [9.17, 15) is 4.79 Å². The number of aryl methyl sites for hydroxylation is 1. The van der Waals surface area contributed by atoms with Crippen molar-refractivity contribution in [2.24, 2.45) is 0 Å². The number of carbonyl (C=O) groups excluding carboxylic acids is 1. The van der Waals surface area contributed by atoms with E-state index in [-0.39, 0.29) is 16.9 Å². The first-order valence-corrected chi connectivity index (χ1v) is 8.33. The van der Waals surface area contributed by atoms with Crippen molar-refractivity contribution in [3.8, 4) is 11.8 Å². The first kappa shape index (κ1) is 15.0. The minimum absolute atomic E-state index is 0.00209. The Morgan fingerprint density at radius 1 is 1.38 bits per heavy atom. The summed E-state index contributed by atoms with van der Waals surface area (Å²) >= 11 is 0. The predicted octanol–water partition coefficient (Wildman–Crippen LogP) is 1.71. The van der Waals surface area contributed by atoms with Crippen molar-refractivity contribution in [2.75, 3.05) is 5.73 Å². The molecule has 24 heavy (non-hydrogen) atoms. The SMILES string of the molecule is CC#CC(=O)NC12CCC(c3nc(C)c4c(N)nccn34)(CC1)C2. The third-order valence-corrected chi connectivity index (χ3v) is 5.69. The van der Waals surface area contributed by atoms with Gasteiger partial charge in [0.2, 0.25) is 0 Å². The molecule has 0 spiro atoms. The quantitative estimate of drug-likeness (QED) is 0.824. The molecule has 2 bridgehead atoms. The minimum Gasteiger partial charge on any atom is -0.382 e. The average molecular weight is 323 g/mol. The van der Waals surface area contributed by atoms with E-state index >= 15 is 0 Å². The molecule has 2 fully saturated rings. The number of nitrogens with two attached hydrogens (primary N) is 1. The summed E-state index contributed by atoms with van der Waals surface area (Å²) in [6, 6.07) is 0. The smallest absolute Gasteiger partial charge is 0.296 e. The summed E-state index contributed by atoms with van der Waals surface area (Å²) in [5.41, 5.74) is 7.71. The number of nitrogens with one attached hydrogen (secondary N) is 1. The number of anilines is 1. The number of hydrogen-bond acceptors (Lipinski definition) is 4. The van der Waals surface area contributed by atoms with Crippen molar-refractivity contribution in [1.82, 2.24) is 19.7 Å². The number of amides is 1. The van der Waals surface area contributed by atoms with E-state index in [4.69, 9.17) is 10.7 Å². The van der Waals surface area contributed by atoms with Crippen LogP contribution < -0.4 is 11.1 Å². The summed E-state index contributed by atoms with van der Waals surface area (Å²) in [5.74, 6) is 6.66. The molecule has 6 heteroatoms. The molecule has 0 aliphatic heterocycles. The van der Waals surface area contributed by atoms with E-state index in [1.54, 1.807) is 13.1 Å². The number of imidazole rings is 1. The molecule has 3 N–H and O–H groups in total. The van der Waals surface area contributed by atoms with Gasteiger partial charge in [0.15, 0.2) is 0 Å². The van der Waals surface area contributed by atoms with Crippen molar-refractivity contribution in [2.45, 2.75) is 56.9 Å². The fourth-order valence-corrected chi connectivity index (χ4v) is 4.68. The fraction of sp³-hybridized carbons (Fsp3) is 0.500. The lowest BCUT2D eigenvalue weighted by Gasteiger charge is -2.27. The van der Waals surface area contributed by atoms with Crippen molar-refractivity contribution >= 4 is 17.2 Å². The maximum absolute atomic E-state index is 12.0. The third-order valence-electron chi connectivity index (χ3n) is 5.69. The highest BCUT2D eigenvalue weighted by Gasteiger charge is 2.57. The Morgan fingerprint density at radius 2 is 2.12 bits per heavy atom. The highest BCUT2D eigenvalue weighted by Crippen LogP contribution is 2.57. The van der Waals surface area contributed by atoms with Gasteiger partial charge < -0.3 is 11.1 Å². The number of carbonyl (C=O) groups is 1. The zero-order valence-corrected chi connectivity index (χ0v) is 14.0. The van der Waals surface area contributed by atoms with Gasteiger partial charge in [-0.25, -0.2) is 9.97 Å². The molecule has 2 aliphatic rings. The van der Waals surface area contributed by atoms with Crippen LogP contribution in [-0.2, 0) is 10.2 Å². The summed E-state index contributed by atoms with van der Waals surface area (Å²) in [6.07, 6.45) is 8.56. The molecule has 0 unspecified atom stereocenters. The van der Waals surface area contributed by atoms with E-state index < -0.39 is 0 Å². The van der Waals surface area contributed by atoms with Gasteiger partial charge in [0.25, 0.3) is 5.91 Å². The highest BCUT2D eigenvalue weighted by molar-refractivity contribution is 5.94. The first-order chi connectivity index (χ1) is 11.5. The Hall–Kier alpha value is -2.55. The van der Waals surface area contributed by atoms with E-state index in [2.05, 4.69) is 26.5 Å². The summed E-state index contributed by atoms with van der Waals surface area (Å²) in [5, 5.41) is 3.16. The van der Waals surface area contributed by atoms with Gasteiger partial charge in [-0.05, 0) is 51.9 Å². The van der Waals surface area contributed by atoms with Gasteiger partial charge in [0.05, 0.1) is 5.69 Å². The van der Waals surface area contributed by atoms with Crippen LogP contribution in [0.1, 0.15) is 50.5 Å². The molecule has 4 rings (SSSR count). The van der Waals surface area contributed by atoms with Crippen LogP contribution >= 0.6 is 0 Å². The van der Waals surface area contributed by atoms with Crippen LogP contribution in [0.3, 0.4) is 0 Å². The largest absolute Gasteiger partial charge is 0.382 e. The van der Waals surface area contributed by atoms with Crippen molar-refractivity contribution < 1.29 is 4.79 Å². The van der Waals surface area contributed by atoms with Crippen LogP contribution in [0, 0.1) is 18.8 Å². The summed E-state index contributed by atoms with van der Waals surface area (Å²) < 4.78 is 2.09. The molecule has 2 aromatic rings. The number of rotatable bonds is 2. The minimum atomic E-state index is -0.173. The van der Waals surface area contributed by atoms with E-state index in [0.29, 0.717) is 5.82 Å². The van der Waals surface area contributed by atoms with E-state index in [1.807, 2.05) is 13.1 Å². The molecule has 0 radical (unpaired) electrons. The van der Waals surface area contributed by atoms with Crippen LogP contribution in [0.4, 0.5) is 5.82 Å². The van der Waals surface area contributed by atoms with Gasteiger partial charge in [-0.15, -0.1) is 0 Å². The van der Waals surface area contributed by atoms with Crippen molar-refractivity contribution in [3.63, 3.8) is 0 Å². The molecule has 124 valence electrons. The number of hydrogen-bond donors (Lipinski definition) is 2. The zero-order valence-electron chi connectivity index (χ0n) is 14.0. The molecule has 2 heterocycles. The van der Waals surface area contributed by atoms with Gasteiger partial charge in [-0.2, -0.15) is 0 Å². The number of nitrogen functional groups attached to an aromatic ring is 1. The van der Waals surface area contributed by atoms with Crippen LogP contribution in [0.2, 0.25) is 0 Å². The second kappa shape index (κ2) is 4.97. The Morgan fingerprint density at radius 3 is 2.83 bits per heavy atom. The topological polar surface area (TPSA) is 85.3 Å². The van der Waals surface area contributed by atoms with Crippen LogP contribution in [-0.4, -0.2) is 25.8 Å². The van der Waals surface area contributed by atoms with Crippen LogP contribution in [0.5, 0.6) is 0 Å². The molecule has 1 amide bonds. The Kier molecular flexibility index (Phi) is 3.11. The van der Waals surface area contributed by atoms with Gasteiger partial charge in [-0.3, -0.25) is 9.20 Å². The van der Waals surface area contributed by atoms with E-state index in [0.717, 1.165) is 49.1 Å². The summed E-state index contributed by atoms with van der Waals surface area (Å²) in [6.45, 7) is 3.66. The van der Waals surface area contributed by atoms with Crippen molar-refractivity contribution in [1.29, 1.82) is 0 Å². The highest BCUT2D eigenvalue weighted by atomic mass is 16.1. The third kappa shape index (κ3) is 2.01. The number of nitrogens with zero attached hydrogens (tertiary/aromatic N) is 3. The maximum Gasteiger partial charge on any atom is 0.296 e. The summed E-state index contributed by atoms with van der Waals surface area (Å²) in [7, 11) is 0. The normalized spacial score (nSPS) is 27.9. The molecular formula is C18H21N5O. The molecule has 2 aromatic heterocycles. The monoisotopic (exact) mass is 323 g/mol. The van der Waals surface area contributed by atoms with Gasteiger partial charge in [-0.1, -0.05) is 5.92 Å². The Labute approximate surface area is 140 Å². The standard InChI is InChI=1S/C18H21N5O/c1-3-4-13(24)22-18-7-5-17(11-18,6-8-18)16-21-12(2)14-15(19)20-9-10-23(14)16/h9-10H,5-8,11H2,1-2H3,(H2,19,20)(H,22,24). The number of aromatic nitrogens is 3. The van der Waals surface area contributed by atoms with E-state index in [1.165, 1.54) is 0 Å². The number of fused-ring (bicyclic) bond motifs is 3. The zero-order chi connectivity index (χ0) is 16.9. The Balaban J connectivity index is 1.73. The molecule has 2 aliphatic carbocycles. The second-order valence-electron chi connectivity index (χ2n) is 7.12. The molecular weight excluding hydrogens is 302 g/mol. The lowest BCUT2D eigenvalue weighted by molar-refractivity contribution is -0.117. The predicted molar refractivity (Wildman–Crippen MR) is 91.2 cm³/mol. The molecule has 2 saturated carbocycles. The fourth-order valence-electron chi connectivity index (χ4n) is 4.68. The van der Waals surface area contributed by atoms with Gasteiger partial charge >= 0.3 is 0 Å². The van der Waals surface area contributed by atoms with Crippen molar-refractivity contribution in [3.05, 3.63) is 23.9 Å². The second-order valence-corrected chi connectivity index (χ2v) is 7.12. The van der Waals surface area contributed by atoms with Crippen LogP contribution in [0.25, 0.3) is 5.52 Å². The van der Waals surface area contributed by atoms with Crippen LogP contribution in [0.15, 0.2) is 12.4 Å². The molecule has 0 aromatic carbocycles. The van der Waals surface area contributed by atoms with Gasteiger partial charge in [0, 0.05) is 23.3 Å². The lowest BCUT2D eigenvalue weighted by atomic mass is 9.83. The maximum atomic E-state index is 12.0. The lowest BCUT2D eigenvalue weighted by Crippen LogP contribution is -2.44. The first-order valence-electron chi connectivity index (χ1n) is 8.33. The molecule has 0 atom stereocenters. The Bertz CT molecular complexity index is 893.